The maximum Gasteiger partial charge on any atom is 0.176 e. The summed E-state index contributed by atoms with van der Waals surface area (Å²) < 4.78 is 5.78. The lowest BCUT2D eigenvalue weighted by Crippen LogP contribution is -2.38. The molecule has 0 radical (unpaired) electrons. The molecule has 1 fully saturated rings. The lowest BCUT2D eigenvalue weighted by Gasteiger charge is -2.25. The third-order valence-corrected chi connectivity index (χ3v) is 4.45. The van der Waals surface area contributed by atoms with Crippen molar-refractivity contribution < 1.29 is 14.3 Å². The van der Waals surface area contributed by atoms with Crippen LogP contribution in [0.15, 0.2) is 30.3 Å². The molecular weight excluding hydrogens is 276 g/mol. The van der Waals surface area contributed by atoms with Crippen LogP contribution in [0, 0.1) is 5.92 Å². The molecule has 1 aliphatic rings. The highest BCUT2D eigenvalue weighted by Crippen LogP contribution is 2.26. The average Bonchev–Trinajstić information content (AvgIpc) is 2.53. The fourth-order valence-corrected chi connectivity index (χ4v) is 3.01. The number of benzene rings is 1. The Morgan fingerprint density at radius 2 is 1.68 bits per heavy atom. The smallest absolute Gasteiger partial charge is 0.176 e. The summed E-state index contributed by atoms with van der Waals surface area (Å²) in [5.41, 5.74) is -0.895. The van der Waals surface area contributed by atoms with E-state index in [0.717, 1.165) is 25.7 Å². The van der Waals surface area contributed by atoms with Gasteiger partial charge in [-0.1, -0.05) is 37.5 Å². The summed E-state index contributed by atoms with van der Waals surface area (Å²) in [4.78, 5) is 24.6. The van der Waals surface area contributed by atoms with Gasteiger partial charge in [0.1, 0.15) is 11.5 Å². The lowest BCUT2D eigenvalue weighted by atomic mass is 9.84. The molecule has 1 saturated carbocycles. The molecule has 22 heavy (non-hydrogen) atoms. The minimum Gasteiger partial charge on any atom is -0.480 e. The van der Waals surface area contributed by atoms with Gasteiger partial charge in [0.15, 0.2) is 11.4 Å². The molecule has 1 aliphatic carbocycles. The van der Waals surface area contributed by atoms with Crippen molar-refractivity contribution in [3.63, 3.8) is 0 Å². The molecule has 0 N–H and O–H groups in total. The van der Waals surface area contributed by atoms with Gasteiger partial charge in [0.25, 0.3) is 0 Å². The molecule has 0 heterocycles. The van der Waals surface area contributed by atoms with Crippen molar-refractivity contribution in [1.82, 2.24) is 0 Å². The van der Waals surface area contributed by atoms with Crippen molar-refractivity contribution in [2.45, 2.75) is 64.4 Å². The number of hydrogen-bond donors (Lipinski definition) is 0. The topological polar surface area (TPSA) is 43.4 Å². The normalized spacial score (nSPS) is 16.3. The van der Waals surface area contributed by atoms with E-state index >= 15 is 0 Å². The molecule has 0 aliphatic heterocycles. The molecule has 0 saturated heterocycles. The minimum absolute atomic E-state index is 0.0134. The molecule has 3 nitrogen and oxygen atoms in total. The van der Waals surface area contributed by atoms with Gasteiger partial charge in [0.05, 0.1) is 0 Å². The summed E-state index contributed by atoms with van der Waals surface area (Å²) in [6.07, 6.45) is 6.15. The van der Waals surface area contributed by atoms with Gasteiger partial charge in [-0.2, -0.15) is 0 Å². The number of carbonyl (C=O) groups excluding carboxylic acids is 2. The predicted molar refractivity (Wildman–Crippen MR) is 87.0 cm³/mol. The Balaban J connectivity index is 1.83. The summed E-state index contributed by atoms with van der Waals surface area (Å²) in [5.74, 6) is 1.10. The van der Waals surface area contributed by atoms with Crippen LogP contribution < -0.4 is 4.74 Å². The van der Waals surface area contributed by atoms with E-state index in [1.54, 1.807) is 13.8 Å². The van der Waals surface area contributed by atoms with Crippen LogP contribution in [-0.4, -0.2) is 17.2 Å². The fourth-order valence-electron chi connectivity index (χ4n) is 3.01. The highest BCUT2D eigenvalue weighted by molar-refractivity contribution is 5.91. The molecule has 3 heteroatoms. The minimum atomic E-state index is -0.895. The van der Waals surface area contributed by atoms with E-state index < -0.39 is 5.60 Å². The number of ether oxygens (including phenoxy) is 1. The molecule has 2 rings (SSSR count). The van der Waals surface area contributed by atoms with Crippen molar-refractivity contribution in [3.05, 3.63) is 30.3 Å². The van der Waals surface area contributed by atoms with Gasteiger partial charge in [-0.25, -0.2) is 0 Å². The van der Waals surface area contributed by atoms with Crippen LogP contribution >= 0.6 is 0 Å². The number of ketones is 2. The zero-order valence-electron chi connectivity index (χ0n) is 13.6. The van der Waals surface area contributed by atoms with E-state index in [2.05, 4.69) is 0 Å². The van der Waals surface area contributed by atoms with Crippen LogP contribution in [0.5, 0.6) is 5.75 Å². The van der Waals surface area contributed by atoms with Crippen LogP contribution in [-0.2, 0) is 9.59 Å². The third kappa shape index (κ3) is 4.69. The molecule has 0 amide bonds. The summed E-state index contributed by atoms with van der Waals surface area (Å²) in [6.45, 7) is 3.54. The van der Waals surface area contributed by atoms with Crippen LogP contribution in [0.3, 0.4) is 0 Å². The van der Waals surface area contributed by atoms with Gasteiger partial charge in [-0.3, -0.25) is 9.59 Å². The number of hydrogen-bond acceptors (Lipinski definition) is 3. The Labute approximate surface area is 133 Å². The number of Topliss-reactive ketones (excluding diaryl/α,β-unsaturated/α-hetero) is 2. The molecule has 1 aromatic carbocycles. The molecule has 0 spiro atoms. The lowest BCUT2D eigenvalue weighted by molar-refractivity contribution is -0.134. The maximum atomic E-state index is 12.4. The zero-order valence-corrected chi connectivity index (χ0v) is 13.6. The summed E-state index contributed by atoms with van der Waals surface area (Å²) in [6, 6.07) is 9.33. The monoisotopic (exact) mass is 302 g/mol. The Kier molecular flexibility index (Phi) is 5.76. The van der Waals surface area contributed by atoms with E-state index in [0.29, 0.717) is 12.2 Å². The Bertz CT molecular complexity index is 499. The molecule has 0 unspecified atom stereocenters. The van der Waals surface area contributed by atoms with Crippen LogP contribution in [0.2, 0.25) is 0 Å². The molecule has 120 valence electrons. The van der Waals surface area contributed by atoms with E-state index in [1.165, 1.54) is 6.42 Å². The zero-order chi connectivity index (χ0) is 16.0. The summed E-state index contributed by atoms with van der Waals surface area (Å²) in [5, 5.41) is 0. The van der Waals surface area contributed by atoms with Gasteiger partial charge in [0, 0.05) is 18.8 Å². The number of para-hydroxylation sites is 1. The van der Waals surface area contributed by atoms with Crippen molar-refractivity contribution in [3.8, 4) is 5.75 Å². The molecule has 0 aromatic heterocycles. The first kappa shape index (κ1) is 16.7. The van der Waals surface area contributed by atoms with Crippen molar-refractivity contribution in [1.29, 1.82) is 0 Å². The Hall–Kier alpha value is -1.64. The summed E-state index contributed by atoms with van der Waals surface area (Å²) >= 11 is 0. The van der Waals surface area contributed by atoms with E-state index in [9.17, 15) is 9.59 Å². The van der Waals surface area contributed by atoms with E-state index in [4.69, 9.17) is 4.74 Å². The molecular formula is C19H26O3. The first-order valence-electron chi connectivity index (χ1n) is 8.29. The third-order valence-electron chi connectivity index (χ3n) is 4.45. The molecule has 0 bridgehead atoms. The van der Waals surface area contributed by atoms with Gasteiger partial charge < -0.3 is 4.74 Å². The van der Waals surface area contributed by atoms with Crippen molar-refractivity contribution in [2.24, 2.45) is 5.92 Å². The summed E-state index contributed by atoms with van der Waals surface area (Å²) in [7, 11) is 0. The number of carbonyl (C=O) groups is 2. The highest BCUT2D eigenvalue weighted by Gasteiger charge is 2.30. The Morgan fingerprint density at radius 1 is 1.05 bits per heavy atom. The standard InChI is InChI=1S/C19H26O3/c1-19(2,22-16-11-7-4-8-12-16)18(21)14-13-17(20)15-9-5-3-6-10-15/h4,7-8,11-12,15H,3,5-6,9-10,13-14H2,1-2H3. The molecule has 0 atom stereocenters. The highest BCUT2D eigenvalue weighted by atomic mass is 16.5. The fraction of sp³-hybridized carbons (Fsp3) is 0.579. The second-order valence-electron chi connectivity index (χ2n) is 6.65. The average molecular weight is 302 g/mol. The SMILES string of the molecule is CC(C)(Oc1ccccc1)C(=O)CCC(=O)C1CCCCC1. The van der Waals surface area contributed by atoms with Gasteiger partial charge in [-0.15, -0.1) is 0 Å². The van der Waals surface area contributed by atoms with E-state index in [-0.39, 0.29) is 23.9 Å². The van der Waals surface area contributed by atoms with Crippen LogP contribution in [0.1, 0.15) is 58.8 Å². The largest absolute Gasteiger partial charge is 0.480 e. The second-order valence-corrected chi connectivity index (χ2v) is 6.65. The Morgan fingerprint density at radius 3 is 2.32 bits per heavy atom. The first-order valence-corrected chi connectivity index (χ1v) is 8.29. The van der Waals surface area contributed by atoms with Gasteiger partial charge in [-0.05, 0) is 38.8 Å². The van der Waals surface area contributed by atoms with Gasteiger partial charge in [0.2, 0.25) is 0 Å². The predicted octanol–water partition coefficient (Wildman–Crippen LogP) is 4.34. The first-order chi connectivity index (χ1) is 10.5. The van der Waals surface area contributed by atoms with Crippen molar-refractivity contribution in [2.75, 3.05) is 0 Å². The van der Waals surface area contributed by atoms with Crippen molar-refractivity contribution >= 4 is 11.6 Å². The quantitative estimate of drug-likeness (QED) is 0.752. The van der Waals surface area contributed by atoms with Crippen LogP contribution in [0.25, 0.3) is 0 Å². The van der Waals surface area contributed by atoms with Crippen LogP contribution in [0.4, 0.5) is 0 Å². The van der Waals surface area contributed by atoms with Gasteiger partial charge >= 0.3 is 0 Å². The maximum absolute atomic E-state index is 12.4. The number of rotatable bonds is 7. The van der Waals surface area contributed by atoms with E-state index in [1.807, 2.05) is 30.3 Å². The second kappa shape index (κ2) is 7.57. The molecule has 1 aromatic rings.